The van der Waals surface area contributed by atoms with Gasteiger partial charge in [-0.3, -0.25) is 4.98 Å². The highest BCUT2D eigenvalue weighted by Gasteiger charge is 2.25. The van der Waals surface area contributed by atoms with Crippen molar-refractivity contribution in [3.05, 3.63) is 48.4 Å². The summed E-state index contributed by atoms with van der Waals surface area (Å²) in [4.78, 5) is 6.54. The standard InChI is InChI=1S/C16H21N5/c1-13(14-5-2-8-17-11-14)18-12-15-6-4-10-21(15)16-7-3-9-19-20-16/h2-3,5,7-9,11,13,15,18H,4,6,10,12H2,1H3/t13-,15-/m0/s1. The molecule has 3 rings (SSSR count). The zero-order valence-electron chi connectivity index (χ0n) is 12.3. The maximum Gasteiger partial charge on any atom is 0.151 e. The zero-order chi connectivity index (χ0) is 14.5. The fourth-order valence-corrected chi connectivity index (χ4v) is 2.86. The van der Waals surface area contributed by atoms with Crippen LogP contribution in [-0.2, 0) is 0 Å². The molecule has 1 aliphatic rings. The lowest BCUT2D eigenvalue weighted by Crippen LogP contribution is -2.39. The summed E-state index contributed by atoms with van der Waals surface area (Å²) >= 11 is 0. The van der Waals surface area contributed by atoms with Crippen LogP contribution in [0.2, 0.25) is 0 Å². The van der Waals surface area contributed by atoms with Gasteiger partial charge in [-0.1, -0.05) is 6.07 Å². The smallest absolute Gasteiger partial charge is 0.151 e. The normalized spacial score (nSPS) is 19.7. The van der Waals surface area contributed by atoms with Gasteiger partial charge in [-0.15, -0.1) is 5.10 Å². The molecule has 2 atom stereocenters. The van der Waals surface area contributed by atoms with Crippen molar-refractivity contribution in [2.45, 2.75) is 31.8 Å². The van der Waals surface area contributed by atoms with Crippen LogP contribution >= 0.6 is 0 Å². The van der Waals surface area contributed by atoms with Gasteiger partial charge in [0.2, 0.25) is 0 Å². The predicted molar refractivity (Wildman–Crippen MR) is 83.1 cm³/mol. The van der Waals surface area contributed by atoms with Crippen molar-refractivity contribution in [1.29, 1.82) is 0 Å². The average Bonchev–Trinajstić information content (AvgIpc) is 3.03. The lowest BCUT2D eigenvalue weighted by molar-refractivity contribution is 0.512. The summed E-state index contributed by atoms with van der Waals surface area (Å²) in [6.07, 6.45) is 7.86. The van der Waals surface area contributed by atoms with Gasteiger partial charge in [0.05, 0.1) is 0 Å². The van der Waals surface area contributed by atoms with E-state index in [0.717, 1.165) is 18.9 Å². The second-order valence-corrected chi connectivity index (χ2v) is 5.49. The summed E-state index contributed by atoms with van der Waals surface area (Å²) in [5, 5.41) is 11.8. The van der Waals surface area contributed by atoms with Gasteiger partial charge < -0.3 is 10.2 Å². The second kappa shape index (κ2) is 6.63. The number of nitrogens with one attached hydrogen (secondary N) is 1. The van der Waals surface area contributed by atoms with Crippen molar-refractivity contribution in [1.82, 2.24) is 20.5 Å². The van der Waals surface area contributed by atoms with Crippen LogP contribution in [0.5, 0.6) is 0 Å². The van der Waals surface area contributed by atoms with Crippen LogP contribution in [0.15, 0.2) is 42.9 Å². The first kappa shape index (κ1) is 13.9. The van der Waals surface area contributed by atoms with Crippen molar-refractivity contribution in [2.24, 2.45) is 0 Å². The Hall–Kier alpha value is -2.01. The topological polar surface area (TPSA) is 53.9 Å². The summed E-state index contributed by atoms with van der Waals surface area (Å²) < 4.78 is 0. The summed E-state index contributed by atoms with van der Waals surface area (Å²) in [6, 6.07) is 8.87. The molecule has 1 N–H and O–H groups in total. The number of nitrogens with zero attached hydrogens (tertiary/aromatic N) is 4. The van der Waals surface area contributed by atoms with Gasteiger partial charge in [0.1, 0.15) is 0 Å². The number of anilines is 1. The monoisotopic (exact) mass is 283 g/mol. The highest BCUT2D eigenvalue weighted by atomic mass is 15.3. The fraction of sp³-hybridized carbons (Fsp3) is 0.438. The third kappa shape index (κ3) is 3.36. The van der Waals surface area contributed by atoms with E-state index >= 15 is 0 Å². The van der Waals surface area contributed by atoms with Gasteiger partial charge in [-0.2, -0.15) is 5.10 Å². The van der Waals surface area contributed by atoms with Crippen LogP contribution in [-0.4, -0.2) is 34.3 Å². The fourth-order valence-electron chi connectivity index (χ4n) is 2.86. The third-order valence-corrected chi connectivity index (χ3v) is 4.07. The molecule has 1 aliphatic heterocycles. The van der Waals surface area contributed by atoms with Gasteiger partial charge in [-0.05, 0) is 43.5 Å². The van der Waals surface area contributed by atoms with E-state index in [1.165, 1.54) is 18.4 Å². The quantitative estimate of drug-likeness (QED) is 0.911. The molecule has 21 heavy (non-hydrogen) atoms. The second-order valence-electron chi connectivity index (χ2n) is 5.49. The minimum absolute atomic E-state index is 0.308. The van der Waals surface area contributed by atoms with E-state index in [1.54, 1.807) is 6.20 Å². The summed E-state index contributed by atoms with van der Waals surface area (Å²) in [5.74, 6) is 0.982. The molecule has 0 radical (unpaired) electrons. The molecule has 5 heteroatoms. The number of aromatic nitrogens is 3. The molecule has 0 amide bonds. The lowest BCUT2D eigenvalue weighted by atomic mass is 10.1. The molecule has 110 valence electrons. The first-order valence-corrected chi connectivity index (χ1v) is 7.52. The van der Waals surface area contributed by atoms with Crippen LogP contribution in [0.4, 0.5) is 5.82 Å². The molecule has 0 aromatic carbocycles. The van der Waals surface area contributed by atoms with E-state index in [4.69, 9.17) is 0 Å². The summed E-state index contributed by atoms with van der Waals surface area (Å²) in [6.45, 7) is 4.19. The lowest BCUT2D eigenvalue weighted by Gasteiger charge is -2.27. The summed E-state index contributed by atoms with van der Waals surface area (Å²) in [7, 11) is 0. The maximum atomic E-state index is 4.23. The van der Waals surface area contributed by atoms with Gasteiger partial charge in [0.25, 0.3) is 0 Å². The molecule has 0 bridgehead atoms. The van der Waals surface area contributed by atoms with Crippen LogP contribution < -0.4 is 10.2 Å². The molecule has 0 spiro atoms. The number of hydrogen-bond acceptors (Lipinski definition) is 5. The Kier molecular flexibility index (Phi) is 4.40. The zero-order valence-corrected chi connectivity index (χ0v) is 12.3. The predicted octanol–water partition coefficient (Wildman–Crippen LogP) is 2.19. The minimum Gasteiger partial charge on any atom is -0.351 e. The van der Waals surface area contributed by atoms with Gasteiger partial charge in [0, 0.05) is 43.8 Å². The highest BCUT2D eigenvalue weighted by Crippen LogP contribution is 2.23. The van der Waals surface area contributed by atoms with Gasteiger partial charge in [-0.25, -0.2) is 0 Å². The molecule has 0 unspecified atom stereocenters. The van der Waals surface area contributed by atoms with E-state index in [0.29, 0.717) is 12.1 Å². The summed E-state index contributed by atoms with van der Waals surface area (Å²) in [5.41, 5.74) is 1.22. The molecule has 0 aliphatic carbocycles. The molecule has 2 aromatic heterocycles. The van der Waals surface area contributed by atoms with Crippen molar-refractivity contribution in [3.63, 3.8) is 0 Å². The Morgan fingerprint density at radius 1 is 1.33 bits per heavy atom. The minimum atomic E-state index is 0.308. The van der Waals surface area contributed by atoms with Gasteiger partial charge in [0.15, 0.2) is 5.82 Å². The van der Waals surface area contributed by atoms with E-state index in [2.05, 4.69) is 38.4 Å². The number of rotatable bonds is 5. The Morgan fingerprint density at radius 2 is 2.24 bits per heavy atom. The van der Waals surface area contributed by atoms with E-state index < -0.39 is 0 Å². The molecule has 1 saturated heterocycles. The molecule has 5 nitrogen and oxygen atoms in total. The molecule has 0 saturated carbocycles. The number of pyridine rings is 1. The molecule has 1 fully saturated rings. The van der Waals surface area contributed by atoms with Crippen LogP contribution in [0.1, 0.15) is 31.4 Å². The van der Waals surface area contributed by atoms with E-state index in [-0.39, 0.29) is 0 Å². The first-order valence-electron chi connectivity index (χ1n) is 7.52. The number of hydrogen-bond donors (Lipinski definition) is 1. The van der Waals surface area contributed by atoms with Crippen molar-refractivity contribution in [2.75, 3.05) is 18.0 Å². The molecular weight excluding hydrogens is 262 g/mol. The SMILES string of the molecule is C[C@H](NC[C@@H]1CCCN1c1cccnn1)c1cccnc1. The molecular formula is C16H21N5. The first-order chi connectivity index (χ1) is 10.3. The van der Waals surface area contributed by atoms with E-state index in [1.807, 2.05) is 30.6 Å². The van der Waals surface area contributed by atoms with Gasteiger partial charge >= 0.3 is 0 Å². The largest absolute Gasteiger partial charge is 0.351 e. The Morgan fingerprint density at radius 3 is 3.00 bits per heavy atom. The van der Waals surface area contributed by atoms with Crippen molar-refractivity contribution >= 4 is 5.82 Å². The van der Waals surface area contributed by atoms with Crippen molar-refractivity contribution < 1.29 is 0 Å². The maximum absolute atomic E-state index is 4.23. The molecule has 2 aromatic rings. The average molecular weight is 283 g/mol. The van der Waals surface area contributed by atoms with Crippen LogP contribution in [0.25, 0.3) is 0 Å². The molecule has 3 heterocycles. The third-order valence-electron chi connectivity index (χ3n) is 4.07. The Bertz CT molecular complexity index is 545. The van der Waals surface area contributed by atoms with E-state index in [9.17, 15) is 0 Å². The Labute approximate surface area is 125 Å². The van der Waals surface area contributed by atoms with Crippen LogP contribution in [0, 0.1) is 0 Å². The van der Waals surface area contributed by atoms with Crippen LogP contribution in [0.3, 0.4) is 0 Å². The highest BCUT2D eigenvalue weighted by molar-refractivity contribution is 5.39. The van der Waals surface area contributed by atoms with Crippen molar-refractivity contribution in [3.8, 4) is 0 Å². The Balaban J connectivity index is 1.60.